The Morgan fingerprint density at radius 1 is 1.19 bits per heavy atom. The predicted octanol–water partition coefficient (Wildman–Crippen LogP) is 4.40. The lowest BCUT2D eigenvalue weighted by Gasteiger charge is -2.09. The zero-order valence-corrected chi connectivity index (χ0v) is 14.6. The number of thioether (sulfide) groups is 1. The summed E-state index contributed by atoms with van der Waals surface area (Å²) in [6, 6.07) is 8.20. The van der Waals surface area contributed by atoms with E-state index in [1.54, 1.807) is 6.26 Å². The van der Waals surface area contributed by atoms with Crippen LogP contribution in [0.5, 0.6) is 0 Å². The fraction of sp³-hybridized carbons (Fsp3) is 0.118. The molecule has 5 nitrogen and oxygen atoms in total. The lowest BCUT2D eigenvalue weighted by Crippen LogP contribution is -2.14. The second-order valence-electron chi connectivity index (χ2n) is 5.34. The summed E-state index contributed by atoms with van der Waals surface area (Å²) < 4.78 is 53.4. The highest BCUT2D eigenvalue weighted by atomic mass is 32.2. The summed E-state index contributed by atoms with van der Waals surface area (Å²) in [6.07, 6.45) is -0.678. The van der Waals surface area contributed by atoms with E-state index in [-0.39, 0.29) is 5.56 Å². The molecule has 0 fully saturated rings. The third kappa shape index (κ3) is 4.11. The molecule has 10 heteroatoms. The van der Waals surface area contributed by atoms with Gasteiger partial charge in [-0.05, 0) is 36.6 Å². The van der Waals surface area contributed by atoms with Crippen molar-refractivity contribution in [3.05, 3.63) is 65.9 Å². The number of rotatable bonds is 4. The van der Waals surface area contributed by atoms with E-state index in [0.717, 1.165) is 24.0 Å². The van der Waals surface area contributed by atoms with Gasteiger partial charge in [-0.2, -0.15) is 18.3 Å². The van der Waals surface area contributed by atoms with E-state index in [1.165, 1.54) is 41.2 Å². The lowest BCUT2D eigenvalue weighted by atomic mass is 10.2. The Morgan fingerprint density at radius 2 is 1.89 bits per heavy atom. The average molecular weight is 396 g/mol. The van der Waals surface area contributed by atoms with Crippen molar-refractivity contribution in [2.45, 2.75) is 11.2 Å². The molecule has 0 atom stereocenters. The van der Waals surface area contributed by atoms with E-state index >= 15 is 0 Å². The number of carbonyl (C=O) groups excluding carboxylic acids is 1. The van der Waals surface area contributed by atoms with Gasteiger partial charge in [0.15, 0.2) is 11.5 Å². The highest BCUT2D eigenvalue weighted by Crippen LogP contribution is 2.32. The smallest absolute Gasteiger partial charge is 0.322 e. The maximum Gasteiger partial charge on any atom is 0.435 e. The second kappa shape index (κ2) is 7.39. The number of alkyl halides is 3. The molecular weight excluding hydrogens is 384 g/mol. The summed E-state index contributed by atoms with van der Waals surface area (Å²) in [4.78, 5) is 15.6. The quantitative estimate of drug-likeness (QED) is 0.525. The molecule has 1 N–H and O–H groups in total. The molecule has 0 saturated heterocycles. The molecule has 0 aliphatic heterocycles. The van der Waals surface area contributed by atoms with Gasteiger partial charge in [-0.15, -0.1) is 11.8 Å². The van der Waals surface area contributed by atoms with Gasteiger partial charge in [-0.25, -0.2) is 9.07 Å². The summed E-state index contributed by atoms with van der Waals surface area (Å²) in [7, 11) is 0. The van der Waals surface area contributed by atoms with Crippen molar-refractivity contribution in [1.82, 2.24) is 14.8 Å². The molecule has 0 unspecified atom stereocenters. The second-order valence-corrected chi connectivity index (χ2v) is 6.16. The molecule has 0 radical (unpaired) electrons. The van der Waals surface area contributed by atoms with Crippen LogP contribution in [0, 0.1) is 5.82 Å². The molecule has 2 aromatic heterocycles. The molecule has 0 spiro atoms. The Balaban J connectivity index is 1.83. The van der Waals surface area contributed by atoms with Crippen molar-refractivity contribution in [3.8, 4) is 5.69 Å². The standard InChI is InChI=1S/C17H12F4N4OS/c1-27-15-8-14(17(19,20)21)24-25(15)11-4-2-10(3-5-11)23-16(26)12-6-7-22-9-13(12)18/h2-9H,1H3,(H,23,26). The Kier molecular flexibility index (Phi) is 5.17. The molecule has 140 valence electrons. The molecule has 0 bridgehead atoms. The number of pyridine rings is 1. The SMILES string of the molecule is CSc1cc(C(F)(F)F)nn1-c1ccc(NC(=O)c2ccncc2F)cc1. The van der Waals surface area contributed by atoms with Gasteiger partial charge in [-0.3, -0.25) is 9.78 Å². The first-order valence-corrected chi connectivity index (χ1v) is 8.74. The monoisotopic (exact) mass is 396 g/mol. The third-order valence-corrected chi connectivity index (χ3v) is 4.27. The van der Waals surface area contributed by atoms with E-state index in [1.807, 2.05) is 0 Å². The van der Waals surface area contributed by atoms with Crippen molar-refractivity contribution in [1.29, 1.82) is 0 Å². The van der Waals surface area contributed by atoms with Gasteiger partial charge in [0.25, 0.3) is 5.91 Å². The highest BCUT2D eigenvalue weighted by molar-refractivity contribution is 7.98. The van der Waals surface area contributed by atoms with Gasteiger partial charge < -0.3 is 5.32 Å². The van der Waals surface area contributed by atoms with Crippen LogP contribution in [0.2, 0.25) is 0 Å². The Morgan fingerprint density at radius 3 is 2.48 bits per heavy atom. The normalized spacial score (nSPS) is 11.4. The van der Waals surface area contributed by atoms with Crippen LogP contribution in [0.15, 0.2) is 53.8 Å². The van der Waals surface area contributed by atoms with Crippen molar-refractivity contribution in [2.24, 2.45) is 0 Å². The van der Waals surface area contributed by atoms with Crippen LogP contribution in [0.1, 0.15) is 16.1 Å². The number of anilines is 1. The molecule has 1 aromatic carbocycles. The van der Waals surface area contributed by atoms with Crippen LogP contribution in [-0.2, 0) is 6.18 Å². The number of benzene rings is 1. The Hall–Kier alpha value is -2.88. The minimum atomic E-state index is -4.54. The molecule has 0 aliphatic rings. The highest BCUT2D eigenvalue weighted by Gasteiger charge is 2.35. The average Bonchev–Trinajstić information content (AvgIpc) is 3.07. The van der Waals surface area contributed by atoms with Crippen LogP contribution in [0.25, 0.3) is 5.69 Å². The van der Waals surface area contributed by atoms with Gasteiger partial charge in [-0.1, -0.05) is 0 Å². The van der Waals surface area contributed by atoms with Crippen LogP contribution in [0.3, 0.4) is 0 Å². The van der Waals surface area contributed by atoms with Gasteiger partial charge >= 0.3 is 6.18 Å². The van der Waals surface area contributed by atoms with Crippen molar-refractivity contribution >= 4 is 23.4 Å². The Bertz CT molecular complexity index is 970. The molecule has 3 aromatic rings. The number of amides is 1. The zero-order valence-electron chi connectivity index (χ0n) is 13.8. The lowest BCUT2D eigenvalue weighted by molar-refractivity contribution is -0.141. The van der Waals surface area contributed by atoms with Crippen molar-refractivity contribution in [3.63, 3.8) is 0 Å². The minimum Gasteiger partial charge on any atom is -0.322 e. The van der Waals surface area contributed by atoms with E-state index in [9.17, 15) is 22.4 Å². The van der Waals surface area contributed by atoms with Crippen LogP contribution < -0.4 is 5.32 Å². The first-order valence-electron chi connectivity index (χ1n) is 7.52. The summed E-state index contributed by atoms with van der Waals surface area (Å²) in [6.45, 7) is 0. The number of carbonyl (C=O) groups is 1. The van der Waals surface area contributed by atoms with Crippen LogP contribution in [-0.4, -0.2) is 26.9 Å². The van der Waals surface area contributed by atoms with E-state index in [2.05, 4.69) is 15.4 Å². The summed E-state index contributed by atoms with van der Waals surface area (Å²) in [5, 5.41) is 6.43. The maximum absolute atomic E-state index is 13.6. The zero-order chi connectivity index (χ0) is 19.6. The van der Waals surface area contributed by atoms with Gasteiger partial charge in [0.1, 0.15) is 5.03 Å². The first kappa shape index (κ1) is 18.9. The third-order valence-electron chi connectivity index (χ3n) is 3.56. The van der Waals surface area contributed by atoms with Gasteiger partial charge in [0.2, 0.25) is 0 Å². The molecule has 1 amide bonds. The first-order chi connectivity index (χ1) is 12.8. The Labute approximate surface area is 155 Å². The number of hydrogen-bond donors (Lipinski definition) is 1. The van der Waals surface area contributed by atoms with E-state index in [4.69, 9.17) is 0 Å². The maximum atomic E-state index is 13.6. The summed E-state index contributed by atoms with van der Waals surface area (Å²) >= 11 is 1.12. The summed E-state index contributed by atoms with van der Waals surface area (Å²) in [5.74, 6) is -1.42. The molecular formula is C17H12F4N4OS. The van der Waals surface area contributed by atoms with E-state index in [0.29, 0.717) is 16.4 Å². The molecule has 0 aliphatic carbocycles. The predicted molar refractivity (Wildman–Crippen MR) is 92.5 cm³/mol. The number of halogens is 4. The van der Waals surface area contributed by atoms with E-state index < -0.39 is 23.6 Å². The van der Waals surface area contributed by atoms with Crippen molar-refractivity contribution < 1.29 is 22.4 Å². The van der Waals surface area contributed by atoms with Gasteiger partial charge in [0.05, 0.1) is 17.4 Å². The van der Waals surface area contributed by atoms with Crippen molar-refractivity contribution in [2.75, 3.05) is 11.6 Å². The molecule has 2 heterocycles. The fourth-order valence-electron chi connectivity index (χ4n) is 2.28. The summed E-state index contributed by atoms with van der Waals surface area (Å²) in [5.41, 5.74) is -0.408. The number of hydrogen-bond acceptors (Lipinski definition) is 4. The fourth-order valence-corrected chi connectivity index (χ4v) is 2.83. The number of aromatic nitrogens is 3. The molecule has 3 rings (SSSR count). The molecule has 27 heavy (non-hydrogen) atoms. The topological polar surface area (TPSA) is 59.8 Å². The largest absolute Gasteiger partial charge is 0.435 e. The van der Waals surface area contributed by atoms with Crippen LogP contribution >= 0.6 is 11.8 Å². The minimum absolute atomic E-state index is 0.166. The molecule has 0 saturated carbocycles. The van der Waals surface area contributed by atoms with Gasteiger partial charge in [0, 0.05) is 18.0 Å². The van der Waals surface area contributed by atoms with Crippen LogP contribution in [0.4, 0.5) is 23.2 Å². The number of nitrogens with zero attached hydrogens (tertiary/aromatic N) is 3. The number of nitrogens with one attached hydrogen (secondary N) is 1.